The van der Waals surface area contributed by atoms with Crippen molar-refractivity contribution in [2.75, 3.05) is 20.2 Å². The number of nitrogens with zero attached hydrogens (tertiary/aromatic N) is 1. The lowest BCUT2D eigenvalue weighted by Crippen LogP contribution is -2.29. The largest absolute Gasteiger partial charge is 0.497 e. The molecule has 4 rings (SSSR count). The summed E-state index contributed by atoms with van der Waals surface area (Å²) >= 11 is 0. The smallest absolute Gasteiger partial charge is 0.243 e. The zero-order valence-electron chi connectivity index (χ0n) is 18.5. The van der Waals surface area contributed by atoms with Gasteiger partial charge in [0.25, 0.3) is 0 Å². The third kappa shape index (κ3) is 5.01. The number of hydrogen-bond donors (Lipinski definition) is 1. The van der Waals surface area contributed by atoms with Gasteiger partial charge in [-0.3, -0.25) is 0 Å². The first-order valence-electron chi connectivity index (χ1n) is 10.6. The number of allylic oxidation sites excluding steroid dienone is 1. The zero-order valence-corrected chi connectivity index (χ0v) is 19.3. The zero-order chi connectivity index (χ0) is 23.4. The van der Waals surface area contributed by atoms with E-state index in [1.807, 2.05) is 61.5 Å². The van der Waals surface area contributed by atoms with Crippen LogP contribution in [0.3, 0.4) is 0 Å². The first-order chi connectivity index (χ1) is 15.9. The molecule has 1 aliphatic rings. The topological polar surface area (TPSA) is 66.8 Å². The Bertz CT molecular complexity index is 1320. The lowest BCUT2D eigenvalue weighted by Gasteiger charge is -2.15. The van der Waals surface area contributed by atoms with Crippen molar-refractivity contribution < 1.29 is 18.3 Å². The second-order valence-electron chi connectivity index (χ2n) is 7.87. The fraction of sp³-hybridized carbons (Fsp3) is 0.185. The fourth-order valence-electron chi connectivity index (χ4n) is 3.70. The molecule has 1 N–H and O–H groups in total. The number of aryl methyl sites for hydroxylation is 1. The summed E-state index contributed by atoms with van der Waals surface area (Å²) in [4.78, 5) is 0.211. The number of benzene rings is 3. The number of rotatable bonds is 4. The molecule has 0 aliphatic carbocycles. The lowest BCUT2D eigenvalue weighted by atomic mass is 9.97. The highest BCUT2D eigenvalue weighted by Crippen LogP contribution is 2.31. The number of aliphatic hydroxyl groups excluding tert-OH is 1. The quantitative estimate of drug-likeness (QED) is 0.602. The fourth-order valence-corrected chi connectivity index (χ4v) is 5.13. The van der Waals surface area contributed by atoms with Crippen molar-refractivity contribution in [1.82, 2.24) is 4.31 Å². The first-order valence-corrected chi connectivity index (χ1v) is 12.0. The van der Waals surface area contributed by atoms with Crippen LogP contribution >= 0.6 is 0 Å². The van der Waals surface area contributed by atoms with Crippen LogP contribution in [0.15, 0.2) is 89.3 Å². The Morgan fingerprint density at radius 1 is 1.00 bits per heavy atom. The summed E-state index contributed by atoms with van der Waals surface area (Å²) < 4.78 is 33.0. The van der Waals surface area contributed by atoms with Crippen molar-refractivity contribution in [2.24, 2.45) is 0 Å². The van der Waals surface area contributed by atoms with Crippen LogP contribution in [0.25, 0.3) is 5.57 Å². The van der Waals surface area contributed by atoms with E-state index in [-0.39, 0.29) is 18.0 Å². The molecule has 1 fully saturated rings. The minimum atomic E-state index is -3.74. The molecule has 0 spiro atoms. The van der Waals surface area contributed by atoms with E-state index in [1.54, 1.807) is 31.4 Å². The molecule has 0 amide bonds. The maximum Gasteiger partial charge on any atom is 0.243 e. The average Bonchev–Trinajstić information content (AvgIpc) is 3.23. The molecule has 0 saturated carbocycles. The Morgan fingerprint density at radius 2 is 1.67 bits per heavy atom. The van der Waals surface area contributed by atoms with Crippen LogP contribution in [0.4, 0.5) is 0 Å². The van der Waals surface area contributed by atoms with E-state index in [0.29, 0.717) is 16.9 Å². The normalized spacial score (nSPS) is 17.8. The van der Waals surface area contributed by atoms with Crippen molar-refractivity contribution in [3.63, 3.8) is 0 Å². The Labute approximate surface area is 195 Å². The molecule has 0 aromatic heterocycles. The van der Waals surface area contributed by atoms with Crippen LogP contribution in [-0.4, -0.2) is 44.1 Å². The molecule has 168 valence electrons. The van der Waals surface area contributed by atoms with Gasteiger partial charge in [0.1, 0.15) is 5.75 Å². The van der Waals surface area contributed by atoms with Gasteiger partial charge >= 0.3 is 0 Å². The van der Waals surface area contributed by atoms with Crippen molar-refractivity contribution in [1.29, 1.82) is 0 Å². The van der Waals surface area contributed by atoms with Gasteiger partial charge in [-0.05, 0) is 54.5 Å². The molecule has 1 unspecified atom stereocenters. The van der Waals surface area contributed by atoms with Crippen molar-refractivity contribution in [3.05, 3.63) is 101 Å². The summed E-state index contributed by atoms with van der Waals surface area (Å²) in [7, 11) is -2.15. The number of sulfonamides is 1. The molecule has 1 aliphatic heterocycles. The van der Waals surface area contributed by atoms with Gasteiger partial charge in [0.15, 0.2) is 0 Å². The van der Waals surface area contributed by atoms with E-state index >= 15 is 0 Å². The van der Waals surface area contributed by atoms with E-state index in [9.17, 15) is 13.5 Å². The first kappa shape index (κ1) is 22.8. The van der Waals surface area contributed by atoms with E-state index in [0.717, 1.165) is 16.7 Å². The highest BCUT2D eigenvalue weighted by molar-refractivity contribution is 7.89. The molecule has 1 heterocycles. The Kier molecular flexibility index (Phi) is 6.66. The predicted octanol–water partition coefficient (Wildman–Crippen LogP) is 3.87. The minimum Gasteiger partial charge on any atom is -0.497 e. The lowest BCUT2D eigenvalue weighted by molar-refractivity contribution is 0.217. The van der Waals surface area contributed by atoms with Crippen molar-refractivity contribution in [2.45, 2.75) is 17.9 Å². The van der Waals surface area contributed by atoms with Gasteiger partial charge < -0.3 is 9.84 Å². The molecule has 1 saturated heterocycles. The van der Waals surface area contributed by atoms with Gasteiger partial charge in [-0.1, -0.05) is 59.9 Å². The maximum absolute atomic E-state index is 13.2. The van der Waals surface area contributed by atoms with Crippen LogP contribution in [-0.2, 0) is 10.0 Å². The highest BCUT2D eigenvalue weighted by atomic mass is 32.2. The highest BCUT2D eigenvalue weighted by Gasteiger charge is 2.36. The summed E-state index contributed by atoms with van der Waals surface area (Å²) in [5.41, 5.74) is 3.81. The van der Waals surface area contributed by atoms with E-state index in [2.05, 4.69) is 11.8 Å². The van der Waals surface area contributed by atoms with Gasteiger partial charge in [0.05, 0.1) is 18.1 Å². The maximum atomic E-state index is 13.2. The third-order valence-corrected chi connectivity index (χ3v) is 7.42. The van der Waals surface area contributed by atoms with Gasteiger partial charge in [-0.2, -0.15) is 4.31 Å². The van der Waals surface area contributed by atoms with Crippen LogP contribution in [0.5, 0.6) is 5.75 Å². The molecule has 0 bridgehead atoms. The van der Waals surface area contributed by atoms with Crippen molar-refractivity contribution in [3.8, 4) is 17.6 Å². The summed E-state index contributed by atoms with van der Waals surface area (Å²) in [6.07, 6.45) is -0.951. The standard InChI is InChI=1S/C27H25NO4S/c1-20-8-15-24(16-9-20)33(30,31)28-18-26(27(29)19-28)25(17-10-21-6-4-3-5-7-21)22-11-13-23(32-2)14-12-22/h3-9,11-16,27,29H,18-19H2,1-2H3/b26-25-. The SMILES string of the molecule is COc1ccc(/C(C#Cc2ccccc2)=C2/CN(S(=O)(=O)c3ccc(C)cc3)CC2O)cc1. The van der Waals surface area contributed by atoms with Gasteiger partial charge in [0, 0.05) is 24.2 Å². The Morgan fingerprint density at radius 3 is 2.30 bits per heavy atom. The Balaban J connectivity index is 1.76. The van der Waals surface area contributed by atoms with E-state index in [1.165, 1.54) is 4.31 Å². The predicted molar refractivity (Wildman–Crippen MR) is 129 cm³/mol. The third-order valence-electron chi connectivity index (χ3n) is 5.59. The van der Waals surface area contributed by atoms with Crippen LogP contribution < -0.4 is 4.74 Å². The monoisotopic (exact) mass is 459 g/mol. The van der Waals surface area contributed by atoms with E-state index in [4.69, 9.17) is 4.74 Å². The second-order valence-corrected chi connectivity index (χ2v) is 9.81. The molecular formula is C27H25NO4S. The summed E-state index contributed by atoms with van der Waals surface area (Å²) in [6.45, 7) is 1.96. The molecule has 1 atom stereocenters. The van der Waals surface area contributed by atoms with Crippen LogP contribution in [0, 0.1) is 18.8 Å². The summed E-state index contributed by atoms with van der Waals surface area (Å²) in [5, 5.41) is 10.9. The van der Waals surface area contributed by atoms with Crippen LogP contribution in [0.2, 0.25) is 0 Å². The number of ether oxygens (including phenoxy) is 1. The molecule has 0 radical (unpaired) electrons. The molecule has 6 heteroatoms. The summed E-state index contributed by atoms with van der Waals surface area (Å²) in [5.74, 6) is 7.03. The van der Waals surface area contributed by atoms with Crippen LogP contribution in [0.1, 0.15) is 16.7 Å². The molecule has 3 aromatic rings. The Hall–Kier alpha value is -3.37. The average molecular weight is 460 g/mol. The van der Waals surface area contributed by atoms with E-state index < -0.39 is 16.1 Å². The molecular weight excluding hydrogens is 434 g/mol. The molecule has 3 aromatic carbocycles. The summed E-state index contributed by atoms with van der Waals surface area (Å²) in [6, 6.07) is 23.6. The number of aliphatic hydroxyl groups is 1. The van der Waals surface area contributed by atoms with Gasteiger partial charge in [0.2, 0.25) is 10.0 Å². The number of β-amino-alcohol motifs (C(OH)–C–C–N with tert-alkyl or cyclic N) is 1. The minimum absolute atomic E-state index is 0.0157. The molecule has 33 heavy (non-hydrogen) atoms. The number of methoxy groups -OCH3 is 1. The number of hydrogen-bond acceptors (Lipinski definition) is 4. The second kappa shape index (κ2) is 9.63. The van der Waals surface area contributed by atoms with Crippen molar-refractivity contribution >= 4 is 15.6 Å². The molecule has 5 nitrogen and oxygen atoms in total. The van der Waals surface area contributed by atoms with Gasteiger partial charge in [-0.15, -0.1) is 0 Å². The van der Waals surface area contributed by atoms with Gasteiger partial charge in [-0.25, -0.2) is 8.42 Å².